The molecule has 0 aromatic heterocycles. The zero-order chi connectivity index (χ0) is 14.7. The predicted molar refractivity (Wildman–Crippen MR) is 77.6 cm³/mol. The van der Waals surface area contributed by atoms with Crippen LogP contribution in [0.2, 0.25) is 0 Å². The van der Waals surface area contributed by atoms with Gasteiger partial charge in [-0.25, -0.2) is 4.39 Å². The van der Waals surface area contributed by atoms with Gasteiger partial charge < -0.3 is 11.1 Å². The first-order valence-electron chi connectivity index (χ1n) is 5.57. The molecular weight excluding hydrogens is 325 g/mol. The maximum absolute atomic E-state index is 13.1. The van der Waals surface area contributed by atoms with Crippen LogP contribution in [-0.2, 0) is 0 Å². The lowest BCUT2D eigenvalue weighted by Crippen LogP contribution is -2.14. The van der Waals surface area contributed by atoms with Gasteiger partial charge >= 0.3 is 0 Å². The van der Waals surface area contributed by atoms with Gasteiger partial charge in [-0.2, -0.15) is 5.26 Å². The van der Waals surface area contributed by atoms with E-state index in [0.29, 0.717) is 15.7 Å². The van der Waals surface area contributed by atoms with Crippen LogP contribution in [0, 0.1) is 17.1 Å². The molecule has 3 N–H and O–H groups in total. The summed E-state index contributed by atoms with van der Waals surface area (Å²) in [6.45, 7) is 0. The van der Waals surface area contributed by atoms with E-state index < -0.39 is 11.7 Å². The molecule has 0 aliphatic rings. The van der Waals surface area contributed by atoms with E-state index in [1.165, 1.54) is 12.1 Å². The van der Waals surface area contributed by atoms with Crippen LogP contribution in [0.25, 0.3) is 0 Å². The van der Waals surface area contributed by atoms with Crippen LogP contribution < -0.4 is 11.1 Å². The number of carbonyl (C=O) groups is 1. The first-order valence-corrected chi connectivity index (χ1v) is 6.36. The van der Waals surface area contributed by atoms with Crippen molar-refractivity contribution < 1.29 is 9.18 Å². The second kappa shape index (κ2) is 5.72. The quantitative estimate of drug-likeness (QED) is 0.827. The van der Waals surface area contributed by atoms with Gasteiger partial charge in [0.05, 0.1) is 22.9 Å². The van der Waals surface area contributed by atoms with Crippen molar-refractivity contribution in [1.29, 1.82) is 5.26 Å². The maximum Gasteiger partial charge on any atom is 0.257 e. The van der Waals surface area contributed by atoms with E-state index >= 15 is 0 Å². The van der Waals surface area contributed by atoms with E-state index in [-0.39, 0.29) is 11.3 Å². The number of hydrogen-bond acceptors (Lipinski definition) is 3. The molecule has 0 radical (unpaired) electrons. The van der Waals surface area contributed by atoms with Gasteiger partial charge in [0.2, 0.25) is 0 Å². The summed E-state index contributed by atoms with van der Waals surface area (Å²) < 4.78 is 13.7. The van der Waals surface area contributed by atoms with Crippen LogP contribution in [0.4, 0.5) is 15.8 Å². The SMILES string of the molecule is N#Cc1ccc(NC(=O)c2cc(F)ccc2N)c(Br)c1. The molecule has 4 nitrogen and oxygen atoms in total. The Morgan fingerprint density at radius 1 is 1.30 bits per heavy atom. The third-order valence-electron chi connectivity index (χ3n) is 2.61. The number of nitrogens with one attached hydrogen (secondary N) is 1. The van der Waals surface area contributed by atoms with Crippen LogP contribution in [0.15, 0.2) is 40.9 Å². The number of nitrogens with two attached hydrogens (primary N) is 1. The summed E-state index contributed by atoms with van der Waals surface area (Å²) in [7, 11) is 0. The highest BCUT2D eigenvalue weighted by Gasteiger charge is 2.12. The summed E-state index contributed by atoms with van der Waals surface area (Å²) >= 11 is 3.25. The van der Waals surface area contributed by atoms with Gasteiger partial charge in [-0.3, -0.25) is 4.79 Å². The standard InChI is InChI=1S/C14H9BrFN3O/c15-11-5-8(7-17)1-4-13(11)19-14(20)10-6-9(16)2-3-12(10)18/h1-6H,18H2,(H,19,20). The summed E-state index contributed by atoms with van der Waals surface area (Å²) in [6.07, 6.45) is 0. The number of nitrogen functional groups attached to an aromatic ring is 1. The minimum absolute atomic E-state index is 0.0567. The highest BCUT2D eigenvalue weighted by molar-refractivity contribution is 9.10. The van der Waals surface area contributed by atoms with E-state index in [0.717, 1.165) is 6.07 Å². The van der Waals surface area contributed by atoms with Crippen molar-refractivity contribution in [2.24, 2.45) is 0 Å². The number of anilines is 2. The normalized spacial score (nSPS) is 9.85. The number of rotatable bonds is 2. The van der Waals surface area contributed by atoms with Gasteiger partial charge in [0.1, 0.15) is 5.82 Å². The monoisotopic (exact) mass is 333 g/mol. The van der Waals surface area contributed by atoms with Crippen LogP contribution in [0.3, 0.4) is 0 Å². The van der Waals surface area contributed by atoms with Gasteiger partial charge in [0.25, 0.3) is 5.91 Å². The third-order valence-corrected chi connectivity index (χ3v) is 3.26. The number of benzene rings is 2. The van der Waals surface area contributed by atoms with Crippen molar-refractivity contribution in [2.45, 2.75) is 0 Å². The zero-order valence-corrected chi connectivity index (χ0v) is 11.7. The molecule has 100 valence electrons. The lowest BCUT2D eigenvalue weighted by Gasteiger charge is -2.09. The lowest BCUT2D eigenvalue weighted by atomic mass is 10.1. The molecular formula is C14H9BrFN3O. The molecule has 1 amide bonds. The van der Waals surface area contributed by atoms with Crippen LogP contribution in [-0.4, -0.2) is 5.91 Å². The van der Waals surface area contributed by atoms with Gasteiger partial charge in [0, 0.05) is 10.2 Å². The molecule has 0 spiro atoms. The summed E-state index contributed by atoms with van der Waals surface area (Å²) in [6, 6.07) is 10.3. The zero-order valence-electron chi connectivity index (χ0n) is 10.2. The molecule has 2 rings (SSSR count). The molecule has 0 heterocycles. The van der Waals surface area contributed by atoms with Gasteiger partial charge in [-0.15, -0.1) is 0 Å². The average molecular weight is 334 g/mol. The molecule has 0 saturated carbocycles. The Hall–Kier alpha value is -2.39. The van der Waals surface area contributed by atoms with Gasteiger partial charge in [0.15, 0.2) is 0 Å². The lowest BCUT2D eigenvalue weighted by molar-refractivity contribution is 0.102. The fourth-order valence-corrected chi connectivity index (χ4v) is 2.08. The number of nitrogens with zero attached hydrogens (tertiary/aromatic N) is 1. The number of carbonyl (C=O) groups excluding carboxylic acids is 1. The molecule has 0 atom stereocenters. The van der Waals surface area contributed by atoms with E-state index in [1.54, 1.807) is 18.2 Å². The van der Waals surface area contributed by atoms with Crippen molar-refractivity contribution in [1.82, 2.24) is 0 Å². The Kier molecular flexibility index (Phi) is 4.01. The Morgan fingerprint density at radius 2 is 2.05 bits per heavy atom. The van der Waals surface area contributed by atoms with Crippen molar-refractivity contribution in [2.75, 3.05) is 11.1 Å². The van der Waals surface area contributed by atoms with Crippen LogP contribution >= 0.6 is 15.9 Å². The van der Waals surface area contributed by atoms with Crippen molar-refractivity contribution in [3.05, 3.63) is 57.8 Å². The topological polar surface area (TPSA) is 78.9 Å². The van der Waals surface area contributed by atoms with E-state index in [1.807, 2.05) is 6.07 Å². The Bertz CT molecular complexity index is 725. The van der Waals surface area contributed by atoms with E-state index in [2.05, 4.69) is 21.2 Å². The molecule has 0 unspecified atom stereocenters. The first kappa shape index (κ1) is 14.0. The Balaban J connectivity index is 2.28. The average Bonchev–Trinajstić information content (AvgIpc) is 2.43. The predicted octanol–water partition coefficient (Wildman–Crippen LogP) is 3.29. The minimum Gasteiger partial charge on any atom is -0.398 e. The molecule has 0 fully saturated rings. The van der Waals surface area contributed by atoms with E-state index in [4.69, 9.17) is 11.0 Å². The summed E-state index contributed by atoms with van der Waals surface area (Å²) in [5.41, 5.74) is 6.82. The van der Waals surface area contributed by atoms with E-state index in [9.17, 15) is 9.18 Å². The van der Waals surface area contributed by atoms with Crippen molar-refractivity contribution >= 4 is 33.2 Å². The van der Waals surface area contributed by atoms with Crippen LogP contribution in [0.5, 0.6) is 0 Å². The Labute approximate surface area is 123 Å². The number of amides is 1. The maximum atomic E-state index is 13.1. The smallest absolute Gasteiger partial charge is 0.257 e. The van der Waals surface area contributed by atoms with Crippen molar-refractivity contribution in [3.8, 4) is 6.07 Å². The molecule has 20 heavy (non-hydrogen) atoms. The molecule has 0 bridgehead atoms. The number of hydrogen-bond donors (Lipinski definition) is 2. The molecule has 6 heteroatoms. The minimum atomic E-state index is -0.539. The van der Waals surface area contributed by atoms with Crippen molar-refractivity contribution in [3.63, 3.8) is 0 Å². The second-order valence-electron chi connectivity index (χ2n) is 3.99. The fraction of sp³-hybridized carbons (Fsp3) is 0. The van der Waals surface area contributed by atoms with Crippen LogP contribution in [0.1, 0.15) is 15.9 Å². The Morgan fingerprint density at radius 3 is 2.70 bits per heavy atom. The largest absolute Gasteiger partial charge is 0.398 e. The van der Waals surface area contributed by atoms with Gasteiger partial charge in [-0.1, -0.05) is 0 Å². The summed E-state index contributed by atoms with van der Waals surface area (Å²) in [4.78, 5) is 12.1. The molecule has 0 aliphatic heterocycles. The summed E-state index contributed by atoms with van der Waals surface area (Å²) in [5.74, 6) is -1.06. The van der Waals surface area contributed by atoms with Gasteiger partial charge in [-0.05, 0) is 52.3 Å². The first-order chi connectivity index (χ1) is 9.51. The molecule has 0 aliphatic carbocycles. The third kappa shape index (κ3) is 2.95. The molecule has 2 aromatic rings. The molecule has 2 aromatic carbocycles. The number of halogens is 2. The number of nitriles is 1. The summed E-state index contributed by atoms with van der Waals surface area (Å²) in [5, 5.41) is 11.4. The second-order valence-corrected chi connectivity index (χ2v) is 4.85. The molecule has 0 saturated heterocycles. The fourth-order valence-electron chi connectivity index (χ4n) is 1.60. The highest BCUT2D eigenvalue weighted by Crippen LogP contribution is 2.25. The highest BCUT2D eigenvalue weighted by atomic mass is 79.9.